The zero-order valence-corrected chi connectivity index (χ0v) is 17.1. The molecular formula is C20H21N5O3S. The molecule has 8 nitrogen and oxygen atoms in total. The van der Waals surface area contributed by atoms with Crippen molar-refractivity contribution in [2.75, 3.05) is 32.3 Å². The Balaban J connectivity index is 1.62. The number of nitrogens with zero attached hydrogens (tertiary/aromatic N) is 4. The van der Waals surface area contributed by atoms with Gasteiger partial charge in [0.25, 0.3) is 5.91 Å². The number of para-hydroxylation sites is 2. The van der Waals surface area contributed by atoms with E-state index in [0.29, 0.717) is 22.2 Å². The SMILES string of the molecule is COc1ccccc1-n1cnnc1SCC(=O)Nc1ccc(C(=O)N(C)C)cc1. The quantitative estimate of drug-likeness (QED) is 0.602. The molecule has 0 fully saturated rings. The summed E-state index contributed by atoms with van der Waals surface area (Å²) < 4.78 is 7.15. The summed E-state index contributed by atoms with van der Waals surface area (Å²) in [6.07, 6.45) is 1.58. The summed E-state index contributed by atoms with van der Waals surface area (Å²) in [6, 6.07) is 14.3. The number of aromatic nitrogens is 3. The maximum Gasteiger partial charge on any atom is 0.253 e. The highest BCUT2D eigenvalue weighted by molar-refractivity contribution is 7.99. The van der Waals surface area contributed by atoms with Crippen molar-refractivity contribution in [2.45, 2.75) is 5.16 Å². The summed E-state index contributed by atoms with van der Waals surface area (Å²) in [6.45, 7) is 0. The Morgan fingerprint density at radius 1 is 1.14 bits per heavy atom. The highest BCUT2D eigenvalue weighted by Crippen LogP contribution is 2.26. The van der Waals surface area contributed by atoms with Crippen molar-refractivity contribution in [3.63, 3.8) is 0 Å². The molecule has 0 unspecified atom stereocenters. The predicted octanol–water partition coefficient (Wildman–Crippen LogP) is 2.71. The normalized spacial score (nSPS) is 10.4. The van der Waals surface area contributed by atoms with Gasteiger partial charge in [0, 0.05) is 25.3 Å². The molecule has 2 aromatic carbocycles. The van der Waals surface area contributed by atoms with E-state index in [1.54, 1.807) is 56.4 Å². The largest absolute Gasteiger partial charge is 0.495 e. The lowest BCUT2D eigenvalue weighted by molar-refractivity contribution is -0.113. The molecule has 0 saturated carbocycles. The summed E-state index contributed by atoms with van der Waals surface area (Å²) >= 11 is 1.27. The van der Waals surface area contributed by atoms with Crippen LogP contribution in [-0.2, 0) is 4.79 Å². The van der Waals surface area contributed by atoms with Crippen LogP contribution in [0, 0.1) is 0 Å². The van der Waals surface area contributed by atoms with Crippen LogP contribution in [-0.4, -0.2) is 58.4 Å². The summed E-state index contributed by atoms with van der Waals surface area (Å²) in [5.74, 6) is 0.572. The summed E-state index contributed by atoms with van der Waals surface area (Å²) in [5, 5.41) is 11.4. The van der Waals surface area contributed by atoms with Crippen LogP contribution >= 0.6 is 11.8 Å². The summed E-state index contributed by atoms with van der Waals surface area (Å²) in [7, 11) is 4.98. The molecule has 1 aromatic heterocycles. The third-order valence-corrected chi connectivity index (χ3v) is 4.96. The maximum absolute atomic E-state index is 12.3. The lowest BCUT2D eigenvalue weighted by atomic mass is 10.2. The molecule has 0 bridgehead atoms. The van der Waals surface area contributed by atoms with E-state index < -0.39 is 0 Å². The van der Waals surface area contributed by atoms with Crippen molar-refractivity contribution >= 4 is 29.3 Å². The molecule has 3 aromatic rings. The monoisotopic (exact) mass is 411 g/mol. The number of ether oxygens (including phenoxy) is 1. The summed E-state index contributed by atoms with van der Waals surface area (Å²) in [5.41, 5.74) is 1.98. The molecule has 0 aliphatic carbocycles. The average Bonchev–Trinajstić information content (AvgIpc) is 3.20. The second-order valence-corrected chi connectivity index (χ2v) is 7.21. The molecule has 29 heavy (non-hydrogen) atoms. The number of benzene rings is 2. The number of thioether (sulfide) groups is 1. The molecule has 3 rings (SSSR count). The zero-order valence-electron chi connectivity index (χ0n) is 16.3. The van der Waals surface area contributed by atoms with Crippen LogP contribution in [0.25, 0.3) is 5.69 Å². The van der Waals surface area contributed by atoms with Crippen LogP contribution in [0.4, 0.5) is 5.69 Å². The van der Waals surface area contributed by atoms with E-state index in [2.05, 4.69) is 15.5 Å². The molecule has 0 saturated heterocycles. The van der Waals surface area contributed by atoms with E-state index in [-0.39, 0.29) is 17.6 Å². The Bertz CT molecular complexity index is 1000. The third kappa shape index (κ3) is 4.94. The molecule has 0 spiro atoms. The van der Waals surface area contributed by atoms with Gasteiger partial charge in [0.15, 0.2) is 5.16 Å². The molecule has 0 atom stereocenters. The van der Waals surface area contributed by atoms with Gasteiger partial charge in [-0.3, -0.25) is 14.2 Å². The second-order valence-electron chi connectivity index (χ2n) is 6.27. The Morgan fingerprint density at radius 2 is 1.86 bits per heavy atom. The minimum absolute atomic E-state index is 0.0888. The standard InChI is InChI=1S/C20H21N5O3S/c1-24(2)19(27)14-8-10-15(11-9-14)22-18(26)12-29-20-23-21-13-25(20)16-6-4-5-7-17(16)28-3/h4-11,13H,12H2,1-3H3,(H,22,26). The Morgan fingerprint density at radius 3 is 2.55 bits per heavy atom. The molecule has 0 radical (unpaired) electrons. The number of nitrogens with one attached hydrogen (secondary N) is 1. The third-order valence-electron chi connectivity index (χ3n) is 4.02. The lowest BCUT2D eigenvalue weighted by Crippen LogP contribution is -2.21. The fraction of sp³-hybridized carbons (Fsp3) is 0.200. The van der Waals surface area contributed by atoms with Gasteiger partial charge < -0.3 is 15.0 Å². The number of methoxy groups -OCH3 is 1. The number of carbonyl (C=O) groups excluding carboxylic acids is 2. The van der Waals surface area contributed by atoms with Crippen molar-refractivity contribution in [3.05, 3.63) is 60.4 Å². The number of anilines is 1. The highest BCUT2D eigenvalue weighted by atomic mass is 32.2. The van der Waals surface area contributed by atoms with Gasteiger partial charge in [-0.1, -0.05) is 23.9 Å². The average molecular weight is 411 g/mol. The molecule has 9 heteroatoms. The van der Waals surface area contributed by atoms with Gasteiger partial charge >= 0.3 is 0 Å². The number of hydrogen-bond donors (Lipinski definition) is 1. The van der Waals surface area contributed by atoms with E-state index >= 15 is 0 Å². The minimum Gasteiger partial charge on any atom is -0.495 e. The van der Waals surface area contributed by atoms with Crippen LogP contribution in [0.3, 0.4) is 0 Å². The predicted molar refractivity (Wildman–Crippen MR) is 112 cm³/mol. The smallest absolute Gasteiger partial charge is 0.253 e. The van der Waals surface area contributed by atoms with Gasteiger partial charge in [0.05, 0.1) is 18.6 Å². The van der Waals surface area contributed by atoms with Gasteiger partial charge in [-0.05, 0) is 36.4 Å². The van der Waals surface area contributed by atoms with Gasteiger partial charge in [0.2, 0.25) is 5.91 Å². The van der Waals surface area contributed by atoms with Crippen LogP contribution in [0.15, 0.2) is 60.0 Å². The van der Waals surface area contributed by atoms with Gasteiger partial charge in [0.1, 0.15) is 12.1 Å². The van der Waals surface area contributed by atoms with Crippen LogP contribution in [0.5, 0.6) is 5.75 Å². The van der Waals surface area contributed by atoms with E-state index in [9.17, 15) is 9.59 Å². The van der Waals surface area contributed by atoms with Crippen molar-refractivity contribution in [2.24, 2.45) is 0 Å². The topological polar surface area (TPSA) is 89.3 Å². The van der Waals surface area contributed by atoms with Crippen molar-refractivity contribution in [3.8, 4) is 11.4 Å². The fourth-order valence-electron chi connectivity index (χ4n) is 2.60. The Hall–Kier alpha value is -3.33. The van der Waals surface area contributed by atoms with Crippen molar-refractivity contribution in [1.82, 2.24) is 19.7 Å². The van der Waals surface area contributed by atoms with Crippen LogP contribution in [0.2, 0.25) is 0 Å². The summed E-state index contributed by atoms with van der Waals surface area (Å²) in [4.78, 5) is 25.7. The molecular weight excluding hydrogens is 390 g/mol. The van der Waals surface area contributed by atoms with E-state index in [1.165, 1.54) is 16.7 Å². The zero-order chi connectivity index (χ0) is 20.8. The molecule has 1 heterocycles. The van der Waals surface area contributed by atoms with E-state index in [0.717, 1.165) is 5.69 Å². The Labute approximate surface area is 172 Å². The second kappa shape index (κ2) is 9.24. The fourth-order valence-corrected chi connectivity index (χ4v) is 3.32. The first-order valence-electron chi connectivity index (χ1n) is 8.77. The number of amides is 2. The Kier molecular flexibility index (Phi) is 6.50. The van der Waals surface area contributed by atoms with E-state index in [1.807, 2.05) is 24.3 Å². The first-order chi connectivity index (χ1) is 14.0. The lowest BCUT2D eigenvalue weighted by Gasteiger charge is -2.11. The molecule has 150 valence electrons. The highest BCUT2D eigenvalue weighted by Gasteiger charge is 2.13. The molecule has 2 amide bonds. The number of hydrogen-bond acceptors (Lipinski definition) is 6. The van der Waals surface area contributed by atoms with E-state index in [4.69, 9.17) is 4.74 Å². The molecule has 1 N–H and O–H groups in total. The van der Waals surface area contributed by atoms with Gasteiger partial charge in [-0.2, -0.15) is 0 Å². The van der Waals surface area contributed by atoms with Crippen molar-refractivity contribution in [1.29, 1.82) is 0 Å². The first-order valence-corrected chi connectivity index (χ1v) is 9.76. The van der Waals surface area contributed by atoms with Gasteiger partial charge in [-0.15, -0.1) is 10.2 Å². The van der Waals surface area contributed by atoms with Crippen molar-refractivity contribution < 1.29 is 14.3 Å². The first kappa shape index (κ1) is 20.4. The molecule has 0 aliphatic rings. The van der Waals surface area contributed by atoms with Crippen LogP contribution in [0.1, 0.15) is 10.4 Å². The van der Waals surface area contributed by atoms with Gasteiger partial charge in [-0.25, -0.2) is 0 Å². The number of rotatable bonds is 7. The molecule has 0 aliphatic heterocycles. The van der Waals surface area contributed by atoms with Crippen LogP contribution < -0.4 is 10.1 Å². The maximum atomic E-state index is 12.3. The minimum atomic E-state index is -0.184. The number of carbonyl (C=O) groups is 2.